The molecule has 0 spiro atoms. The third-order valence-corrected chi connectivity index (χ3v) is 7.34. The summed E-state index contributed by atoms with van der Waals surface area (Å²) in [6.07, 6.45) is 0. The van der Waals surface area contributed by atoms with Crippen molar-refractivity contribution < 1.29 is 23.9 Å². The lowest BCUT2D eigenvalue weighted by Gasteiger charge is -2.32. The molecule has 0 unspecified atom stereocenters. The molecule has 0 aliphatic carbocycles. The summed E-state index contributed by atoms with van der Waals surface area (Å²) >= 11 is 1.36. The fourth-order valence-corrected chi connectivity index (χ4v) is 5.33. The van der Waals surface area contributed by atoms with E-state index >= 15 is 0 Å². The van der Waals surface area contributed by atoms with Gasteiger partial charge in [0.05, 0.1) is 18.4 Å². The second-order valence-electron chi connectivity index (χ2n) is 8.88. The molecule has 3 aromatic carbocycles. The summed E-state index contributed by atoms with van der Waals surface area (Å²) in [7, 11) is 1.56. The number of Topliss-reactive ketones (excluding diaryl/α,β-unsaturated/α-hetero) is 1. The minimum atomic E-state index is -0.983. The van der Waals surface area contributed by atoms with Crippen LogP contribution in [0.15, 0.2) is 96.4 Å². The average molecular weight is 540 g/mol. The van der Waals surface area contributed by atoms with Gasteiger partial charge in [-0.25, -0.2) is 0 Å². The predicted molar refractivity (Wildman–Crippen MR) is 149 cm³/mol. The highest BCUT2D eigenvalue weighted by atomic mass is 32.1. The van der Waals surface area contributed by atoms with Crippen LogP contribution in [0, 0.1) is 0 Å². The van der Waals surface area contributed by atoms with Crippen LogP contribution in [0.5, 0.6) is 5.75 Å². The first-order valence-corrected chi connectivity index (χ1v) is 13.1. The summed E-state index contributed by atoms with van der Waals surface area (Å²) < 4.78 is 5.20. The zero-order chi connectivity index (χ0) is 27.4. The number of hydrogen-bond donors (Lipinski definition) is 1. The van der Waals surface area contributed by atoms with Crippen molar-refractivity contribution >= 4 is 46.2 Å². The third kappa shape index (κ3) is 5.44. The zero-order valence-corrected chi connectivity index (χ0v) is 21.9. The number of carbonyl (C=O) groups is 4. The van der Waals surface area contributed by atoms with Crippen molar-refractivity contribution in [1.82, 2.24) is 4.90 Å². The van der Waals surface area contributed by atoms with Crippen LogP contribution >= 0.6 is 11.3 Å². The van der Waals surface area contributed by atoms with Gasteiger partial charge in [0.2, 0.25) is 5.91 Å². The number of methoxy groups -OCH3 is 1. The van der Waals surface area contributed by atoms with Crippen molar-refractivity contribution in [3.63, 3.8) is 0 Å². The van der Waals surface area contributed by atoms with Crippen molar-refractivity contribution in [2.45, 2.75) is 12.6 Å². The van der Waals surface area contributed by atoms with Crippen molar-refractivity contribution in [3.05, 3.63) is 112 Å². The van der Waals surface area contributed by atoms with Gasteiger partial charge in [0.25, 0.3) is 17.6 Å². The predicted octanol–water partition coefficient (Wildman–Crippen LogP) is 4.69. The van der Waals surface area contributed by atoms with E-state index in [0.29, 0.717) is 22.0 Å². The number of ketones is 1. The summed E-state index contributed by atoms with van der Waals surface area (Å²) in [4.78, 5) is 56.4. The van der Waals surface area contributed by atoms with Gasteiger partial charge in [-0.15, -0.1) is 11.3 Å². The molecule has 1 N–H and O–H groups in total. The highest BCUT2D eigenvalue weighted by Gasteiger charge is 2.39. The topological polar surface area (TPSA) is 96.0 Å². The maximum Gasteiger partial charge on any atom is 0.299 e. The van der Waals surface area contributed by atoms with Crippen molar-refractivity contribution in [1.29, 1.82) is 0 Å². The Morgan fingerprint density at radius 2 is 1.64 bits per heavy atom. The minimum Gasteiger partial charge on any atom is -0.497 e. The van der Waals surface area contributed by atoms with E-state index in [4.69, 9.17) is 4.74 Å². The Morgan fingerprint density at radius 3 is 2.33 bits per heavy atom. The van der Waals surface area contributed by atoms with Crippen LogP contribution in [-0.2, 0) is 20.9 Å². The molecule has 3 amide bonds. The highest BCUT2D eigenvalue weighted by Crippen LogP contribution is 2.32. The number of carbonyl (C=O) groups excluding carboxylic acids is 4. The van der Waals surface area contributed by atoms with Gasteiger partial charge in [0.1, 0.15) is 18.3 Å². The Hall–Kier alpha value is -4.76. The van der Waals surface area contributed by atoms with E-state index in [1.807, 2.05) is 41.8 Å². The van der Waals surface area contributed by atoms with E-state index < -0.39 is 29.5 Å². The van der Waals surface area contributed by atoms with E-state index in [1.54, 1.807) is 61.7 Å². The first-order chi connectivity index (χ1) is 19.0. The number of ether oxygens (including phenoxy) is 1. The van der Waals surface area contributed by atoms with Crippen LogP contribution in [0.4, 0.5) is 11.4 Å². The summed E-state index contributed by atoms with van der Waals surface area (Å²) in [5.74, 6) is -1.65. The Morgan fingerprint density at radius 1 is 0.923 bits per heavy atom. The van der Waals surface area contributed by atoms with E-state index in [9.17, 15) is 19.2 Å². The van der Waals surface area contributed by atoms with E-state index in [0.717, 1.165) is 5.56 Å². The molecule has 4 aromatic rings. The fraction of sp³-hybridized carbons (Fsp3) is 0.133. The first kappa shape index (κ1) is 25.9. The number of nitrogens with zero attached hydrogens (tertiary/aromatic N) is 2. The van der Waals surface area contributed by atoms with Gasteiger partial charge in [-0.3, -0.25) is 24.1 Å². The van der Waals surface area contributed by atoms with Gasteiger partial charge in [-0.05, 0) is 53.4 Å². The number of nitrogens with one attached hydrogen (secondary N) is 1. The van der Waals surface area contributed by atoms with Gasteiger partial charge in [0.15, 0.2) is 0 Å². The smallest absolute Gasteiger partial charge is 0.299 e. The number of fused-ring (bicyclic) bond motifs is 1. The standard InChI is InChI=1S/C30H25N3O5S/c1-38-22-15-13-21(14-16-22)31-29(36)27(25-12-7-17-39-25)33(18-20-8-3-2-4-9-20)26(34)19-32-24-11-6-5-10-23(24)28(35)30(32)37/h2-17,27H,18-19H2,1H3,(H,31,36)/t27-/m1/s1. The second kappa shape index (κ2) is 11.3. The molecule has 1 aliphatic rings. The van der Waals surface area contributed by atoms with E-state index in [2.05, 4.69) is 5.32 Å². The SMILES string of the molecule is COc1ccc(NC(=O)[C@@H](c2cccs2)N(Cc2ccccc2)C(=O)CN2C(=O)C(=O)c3ccccc32)cc1. The number of hydrogen-bond acceptors (Lipinski definition) is 6. The van der Waals surface area contributed by atoms with Crippen LogP contribution in [0.3, 0.4) is 0 Å². The van der Waals surface area contributed by atoms with E-state index in [-0.39, 0.29) is 18.7 Å². The number of benzene rings is 3. The molecule has 1 atom stereocenters. The Bertz CT molecular complexity index is 1500. The molecular formula is C30H25N3O5S. The summed E-state index contributed by atoms with van der Waals surface area (Å²) in [6, 6.07) is 25.4. The molecule has 0 saturated heterocycles. The molecule has 1 aliphatic heterocycles. The quantitative estimate of drug-likeness (QED) is 0.311. The number of thiophene rings is 1. The lowest BCUT2D eigenvalue weighted by molar-refractivity contribution is -0.138. The Balaban J connectivity index is 1.49. The van der Waals surface area contributed by atoms with Crippen LogP contribution in [0.2, 0.25) is 0 Å². The summed E-state index contributed by atoms with van der Waals surface area (Å²) in [5, 5.41) is 4.75. The first-order valence-electron chi connectivity index (χ1n) is 12.2. The third-order valence-electron chi connectivity index (χ3n) is 6.42. The summed E-state index contributed by atoms with van der Waals surface area (Å²) in [5.41, 5.74) is 2.01. The normalized spacial score (nSPS) is 13.1. The highest BCUT2D eigenvalue weighted by molar-refractivity contribution is 7.10. The largest absolute Gasteiger partial charge is 0.497 e. The molecule has 1 aromatic heterocycles. The number of amides is 3. The van der Waals surface area contributed by atoms with Crippen molar-refractivity contribution in [3.8, 4) is 5.75 Å². The van der Waals surface area contributed by atoms with Crippen LogP contribution in [-0.4, -0.2) is 42.1 Å². The number of anilines is 2. The molecule has 0 radical (unpaired) electrons. The molecule has 0 saturated carbocycles. The summed E-state index contributed by atoms with van der Waals surface area (Å²) in [6.45, 7) is -0.262. The zero-order valence-electron chi connectivity index (χ0n) is 21.1. The lowest BCUT2D eigenvalue weighted by atomic mass is 10.1. The van der Waals surface area contributed by atoms with Crippen LogP contribution < -0.4 is 15.0 Å². The van der Waals surface area contributed by atoms with Crippen LogP contribution in [0.25, 0.3) is 0 Å². The molecule has 0 fully saturated rings. The minimum absolute atomic E-state index is 0.121. The van der Waals surface area contributed by atoms with Gasteiger partial charge in [-0.1, -0.05) is 48.5 Å². The van der Waals surface area contributed by atoms with E-state index in [1.165, 1.54) is 21.1 Å². The lowest BCUT2D eigenvalue weighted by Crippen LogP contribution is -2.46. The molecule has 0 bridgehead atoms. The molecular weight excluding hydrogens is 514 g/mol. The molecule has 2 heterocycles. The molecule has 196 valence electrons. The molecule has 5 rings (SSSR count). The van der Waals surface area contributed by atoms with Crippen LogP contribution in [0.1, 0.15) is 26.8 Å². The van der Waals surface area contributed by atoms with Gasteiger partial charge in [-0.2, -0.15) is 0 Å². The number of para-hydroxylation sites is 1. The molecule has 39 heavy (non-hydrogen) atoms. The maximum absolute atomic E-state index is 14.0. The second-order valence-corrected chi connectivity index (χ2v) is 9.86. The fourth-order valence-electron chi connectivity index (χ4n) is 4.49. The average Bonchev–Trinajstić information content (AvgIpc) is 3.57. The number of rotatable bonds is 9. The monoisotopic (exact) mass is 539 g/mol. The van der Waals surface area contributed by atoms with Crippen molar-refractivity contribution in [2.75, 3.05) is 23.9 Å². The van der Waals surface area contributed by atoms with Gasteiger partial charge >= 0.3 is 0 Å². The van der Waals surface area contributed by atoms with Gasteiger partial charge < -0.3 is 15.0 Å². The Kier molecular flexibility index (Phi) is 7.51. The van der Waals surface area contributed by atoms with Gasteiger partial charge in [0, 0.05) is 17.1 Å². The molecule has 8 nitrogen and oxygen atoms in total. The Labute approximate surface area is 229 Å². The molecule has 9 heteroatoms. The maximum atomic E-state index is 14.0. The van der Waals surface area contributed by atoms with Crippen molar-refractivity contribution in [2.24, 2.45) is 0 Å².